The van der Waals surface area contributed by atoms with E-state index in [0.717, 1.165) is 36.2 Å². The van der Waals surface area contributed by atoms with Crippen LogP contribution in [-0.4, -0.2) is 31.1 Å². The van der Waals surface area contributed by atoms with Crippen LogP contribution >= 0.6 is 15.9 Å². The summed E-state index contributed by atoms with van der Waals surface area (Å²) in [5.41, 5.74) is 0.963. The second kappa shape index (κ2) is 7.80. The Hall–Kier alpha value is -0.450. The zero-order valence-electron chi connectivity index (χ0n) is 10.5. The molecule has 1 N–H and O–H groups in total. The summed E-state index contributed by atoms with van der Waals surface area (Å²) in [6.45, 7) is 9.10. The van der Waals surface area contributed by atoms with Crippen molar-refractivity contribution < 1.29 is 4.39 Å². The van der Waals surface area contributed by atoms with Crippen molar-refractivity contribution in [3.05, 3.63) is 34.1 Å². The Bertz CT molecular complexity index is 340. The molecule has 1 aromatic carbocycles. The van der Waals surface area contributed by atoms with Gasteiger partial charge >= 0.3 is 0 Å². The molecule has 96 valence electrons. The first-order chi connectivity index (χ1) is 8.17. The number of nitrogens with one attached hydrogen (secondary N) is 1. The first kappa shape index (κ1) is 14.6. The summed E-state index contributed by atoms with van der Waals surface area (Å²) in [5.74, 6) is -0.186. The van der Waals surface area contributed by atoms with Crippen molar-refractivity contribution in [1.82, 2.24) is 10.2 Å². The molecule has 0 aliphatic rings. The van der Waals surface area contributed by atoms with Crippen LogP contribution in [0.4, 0.5) is 4.39 Å². The number of nitrogens with zero attached hydrogens (tertiary/aromatic N) is 1. The molecule has 0 unspecified atom stereocenters. The van der Waals surface area contributed by atoms with Gasteiger partial charge in [-0.15, -0.1) is 0 Å². The number of halogens is 2. The van der Waals surface area contributed by atoms with Crippen LogP contribution in [0.5, 0.6) is 0 Å². The van der Waals surface area contributed by atoms with Gasteiger partial charge in [0.25, 0.3) is 0 Å². The van der Waals surface area contributed by atoms with E-state index in [4.69, 9.17) is 0 Å². The summed E-state index contributed by atoms with van der Waals surface area (Å²) >= 11 is 3.42. The highest BCUT2D eigenvalue weighted by Crippen LogP contribution is 2.17. The van der Waals surface area contributed by atoms with Crippen molar-refractivity contribution in [2.24, 2.45) is 0 Å². The number of hydrogen-bond donors (Lipinski definition) is 1. The van der Waals surface area contributed by atoms with Gasteiger partial charge in [0.05, 0.1) is 0 Å². The first-order valence-electron chi connectivity index (χ1n) is 6.04. The molecule has 0 spiro atoms. The van der Waals surface area contributed by atoms with Crippen molar-refractivity contribution in [3.63, 3.8) is 0 Å². The third kappa shape index (κ3) is 5.15. The average Bonchev–Trinajstić information content (AvgIpc) is 2.33. The van der Waals surface area contributed by atoms with Crippen LogP contribution in [0.3, 0.4) is 0 Å². The lowest BCUT2D eigenvalue weighted by Gasteiger charge is -2.18. The predicted molar refractivity (Wildman–Crippen MR) is 73.6 cm³/mol. The van der Waals surface area contributed by atoms with Gasteiger partial charge in [-0.25, -0.2) is 4.39 Å². The molecule has 4 heteroatoms. The largest absolute Gasteiger partial charge is 0.311 e. The molecule has 0 saturated carbocycles. The minimum Gasteiger partial charge on any atom is -0.311 e. The standard InChI is InChI=1S/C13H20BrFN2/c1-3-17(4-2)8-7-16-10-11-9-12(15)5-6-13(11)14/h5-6,9,16H,3-4,7-8,10H2,1-2H3. The molecule has 0 aliphatic heterocycles. The molecule has 0 fully saturated rings. The molecular weight excluding hydrogens is 283 g/mol. The summed E-state index contributed by atoms with van der Waals surface area (Å²) in [4.78, 5) is 2.35. The number of rotatable bonds is 7. The quantitative estimate of drug-likeness (QED) is 0.779. The zero-order chi connectivity index (χ0) is 12.7. The molecule has 2 nitrogen and oxygen atoms in total. The van der Waals surface area contributed by atoms with Crippen LogP contribution in [0.1, 0.15) is 19.4 Å². The monoisotopic (exact) mass is 302 g/mol. The Morgan fingerprint density at radius 3 is 2.65 bits per heavy atom. The first-order valence-corrected chi connectivity index (χ1v) is 6.83. The van der Waals surface area contributed by atoms with Crippen LogP contribution in [0.15, 0.2) is 22.7 Å². The fourth-order valence-electron chi connectivity index (χ4n) is 1.68. The normalized spacial score (nSPS) is 11.1. The molecule has 0 radical (unpaired) electrons. The molecule has 0 atom stereocenters. The smallest absolute Gasteiger partial charge is 0.123 e. The van der Waals surface area contributed by atoms with E-state index in [1.807, 2.05) is 0 Å². The number of hydrogen-bond acceptors (Lipinski definition) is 2. The lowest BCUT2D eigenvalue weighted by atomic mass is 10.2. The average molecular weight is 303 g/mol. The van der Waals surface area contributed by atoms with Gasteiger partial charge < -0.3 is 10.2 Å². The molecule has 1 aromatic rings. The van der Waals surface area contributed by atoms with Gasteiger partial charge in [-0.1, -0.05) is 29.8 Å². The van der Waals surface area contributed by atoms with Gasteiger partial charge in [0.2, 0.25) is 0 Å². The Morgan fingerprint density at radius 1 is 1.29 bits per heavy atom. The van der Waals surface area contributed by atoms with E-state index in [2.05, 4.69) is 40.0 Å². The van der Waals surface area contributed by atoms with E-state index in [1.54, 1.807) is 12.1 Å². The lowest BCUT2D eigenvalue weighted by molar-refractivity contribution is 0.302. The van der Waals surface area contributed by atoms with Gasteiger partial charge in [0.1, 0.15) is 5.82 Å². The highest BCUT2D eigenvalue weighted by molar-refractivity contribution is 9.10. The molecule has 0 bridgehead atoms. The Balaban J connectivity index is 2.33. The SMILES string of the molecule is CCN(CC)CCNCc1cc(F)ccc1Br. The van der Waals surface area contributed by atoms with E-state index >= 15 is 0 Å². The van der Waals surface area contributed by atoms with Crippen molar-refractivity contribution in [3.8, 4) is 0 Å². The third-order valence-electron chi connectivity index (χ3n) is 2.82. The van der Waals surface area contributed by atoms with E-state index in [0.29, 0.717) is 6.54 Å². The Kier molecular flexibility index (Phi) is 6.70. The van der Waals surface area contributed by atoms with E-state index in [1.165, 1.54) is 6.07 Å². The Labute approximate surface area is 111 Å². The van der Waals surface area contributed by atoms with Gasteiger partial charge in [-0.2, -0.15) is 0 Å². The molecule has 0 heterocycles. The summed E-state index contributed by atoms with van der Waals surface area (Å²) in [7, 11) is 0. The highest BCUT2D eigenvalue weighted by atomic mass is 79.9. The van der Waals surface area contributed by atoms with Gasteiger partial charge in [0, 0.05) is 24.1 Å². The van der Waals surface area contributed by atoms with Gasteiger partial charge in [-0.05, 0) is 36.9 Å². The van der Waals surface area contributed by atoms with Crippen molar-refractivity contribution >= 4 is 15.9 Å². The van der Waals surface area contributed by atoms with Gasteiger partial charge in [-0.3, -0.25) is 0 Å². The minimum atomic E-state index is -0.186. The summed E-state index contributed by atoms with van der Waals surface area (Å²) in [6.07, 6.45) is 0. The molecule has 0 aliphatic carbocycles. The predicted octanol–water partition coefficient (Wildman–Crippen LogP) is 3.02. The van der Waals surface area contributed by atoms with E-state index in [9.17, 15) is 4.39 Å². The minimum absolute atomic E-state index is 0.186. The maximum atomic E-state index is 13.0. The molecular formula is C13H20BrFN2. The maximum Gasteiger partial charge on any atom is 0.123 e. The topological polar surface area (TPSA) is 15.3 Å². The van der Waals surface area contributed by atoms with Crippen molar-refractivity contribution in [1.29, 1.82) is 0 Å². The number of likely N-dealkylation sites (N-methyl/N-ethyl adjacent to an activating group) is 1. The van der Waals surface area contributed by atoms with Crippen molar-refractivity contribution in [2.45, 2.75) is 20.4 Å². The fraction of sp³-hybridized carbons (Fsp3) is 0.538. The Morgan fingerprint density at radius 2 is 2.00 bits per heavy atom. The molecule has 0 aromatic heterocycles. The summed E-state index contributed by atoms with van der Waals surface area (Å²) < 4.78 is 14.0. The zero-order valence-corrected chi connectivity index (χ0v) is 12.1. The second-order valence-corrected chi connectivity index (χ2v) is 4.79. The molecule has 1 rings (SSSR count). The van der Waals surface area contributed by atoms with Crippen molar-refractivity contribution in [2.75, 3.05) is 26.2 Å². The summed E-state index contributed by atoms with van der Waals surface area (Å²) in [6, 6.07) is 4.77. The second-order valence-electron chi connectivity index (χ2n) is 3.94. The van der Waals surface area contributed by atoms with Crippen LogP contribution < -0.4 is 5.32 Å². The third-order valence-corrected chi connectivity index (χ3v) is 3.60. The van der Waals surface area contributed by atoms with Crippen LogP contribution in [0.25, 0.3) is 0 Å². The van der Waals surface area contributed by atoms with E-state index < -0.39 is 0 Å². The number of benzene rings is 1. The molecule has 0 saturated heterocycles. The lowest BCUT2D eigenvalue weighted by Crippen LogP contribution is -2.31. The summed E-state index contributed by atoms with van der Waals surface area (Å²) in [5, 5.41) is 3.33. The van der Waals surface area contributed by atoms with Gasteiger partial charge in [0.15, 0.2) is 0 Å². The van der Waals surface area contributed by atoms with Crippen LogP contribution in [-0.2, 0) is 6.54 Å². The van der Waals surface area contributed by atoms with Crippen LogP contribution in [0, 0.1) is 5.82 Å². The van der Waals surface area contributed by atoms with E-state index in [-0.39, 0.29) is 5.82 Å². The van der Waals surface area contributed by atoms with Crippen LogP contribution in [0.2, 0.25) is 0 Å². The molecule has 17 heavy (non-hydrogen) atoms. The molecule has 0 amide bonds. The fourth-order valence-corrected chi connectivity index (χ4v) is 2.07. The maximum absolute atomic E-state index is 13.0. The highest BCUT2D eigenvalue weighted by Gasteiger charge is 2.02.